The van der Waals surface area contributed by atoms with Crippen molar-refractivity contribution < 1.29 is 33.4 Å². The molecule has 0 bridgehead atoms. The normalized spacial score (nSPS) is 23.2. The molecule has 0 N–H and O–H groups in total. The zero-order valence-electron chi connectivity index (χ0n) is 21.9. The van der Waals surface area contributed by atoms with Gasteiger partial charge in [0.05, 0.1) is 26.2 Å². The largest absolute Gasteiger partial charge is 0.497 e. The Morgan fingerprint density at radius 2 is 1.84 bits per heavy atom. The number of nitrogens with zero attached hydrogens (tertiary/aromatic N) is 3. The number of carbonyl (C=O) groups excluding carboxylic acids is 4. The van der Waals surface area contributed by atoms with Gasteiger partial charge in [0, 0.05) is 51.0 Å². The summed E-state index contributed by atoms with van der Waals surface area (Å²) in [6.45, 7) is 5.63. The van der Waals surface area contributed by atoms with Crippen molar-refractivity contribution in [3.05, 3.63) is 29.8 Å². The first-order valence-electron chi connectivity index (χ1n) is 13.2. The molecule has 10 heteroatoms. The third-order valence-corrected chi connectivity index (χ3v) is 7.63. The molecule has 3 aliphatic heterocycles. The summed E-state index contributed by atoms with van der Waals surface area (Å²) in [4.78, 5) is 57.5. The van der Waals surface area contributed by atoms with Gasteiger partial charge in [-0.25, -0.2) is 0 Å². The number of esters is 1. The van der Waals surface area contributed by atoms with Crippen LogP contribution < -0.4 is 4.74 Å². The van der Waals surface area contributed by atoms with Gasteiger partial charge in [0.25, 0.3) is 5.91 Å². The minimum absolute atomic E-state index is 0.0597. The minimum atomic E-state index is -0.985. The van der Waals surface area contributed by atoms with Crippen molar-refractivity contribution in [1.82, 2.24) is 14.7 Å². The van der Waals surface area contributed by atoms with Crippen LogP contribution in [0.25, 0.3) is 0 Å². The molecule has 1 aromatic carbocycles. The maximum atomic E-state index is 14.0. The van der Waals surface area contributed by atoms with Crippen LogP contribution in [0.1, 0.15) is 56.3 Å². The van der Waals surface area contributed by atoms with E-state index < -0.39 is 11.8 Å². The number of likely N-dealkylation sites (tertiary alicyclic amines) is 2. The molecule has 202 valence electrons. The second kappa shape index (κ2) is 11.5. The topological polar surface area (TPSA) is 106 Å². The van der Waals surface area contributed by atoms with Crippen LogP contribution in [0.3, 0.4) is 0 Å². The molecule has 10 nitrogen and oxygen atoms in total. The van der Waals surface area contributed by atoms with Crippen molar-refractivity contribution >= 4 is 23.7 Å². The molecule has 1 aromatic rings. The maximum Gasteiger partial charge on any atom is 0.310 e. The molecule has 3 fully saturated rings. The summed E-state index contributed by atoms with van der Waals surface area (Å²) >= 11 is 0. The van der Waals surface area contributed by atoms with Gasteiger partial charge >= 0.3 is 5.97 Å². The van der Waals surface area contributed by atoms with E-state index in [4.69, 9.17) is 14.2 Å². The number of piperidine rings is 2. The van der Waals surface area contributed by atoms with E-state index in [0.29, 0.717) is 69.7 Å². The third-order valence-electron chi connectivity index (χ3n) is 7.63. The molecule has 4 rings (SSSR count). The Hall–Kier alpha value is -3.14. The third kappa shape index (κ3) is 5.44. The average Bonchev–Trinajstić information content (AvgIpc) is 3.30. The number of methoxy groups -OCH3 is 1. The molecular weight excluding hydrogens is 478 g/mol. The van der Waals surface area contributed by atoms with Crippen LogP contribution in [0.5, 0.6) is 5.75 Å². The van der Waals surface area contributed by atoms with E-state index in [1.165, 1.54) is 7.11 Å². The molecule has 2 atom stereocenters. The van der Waals surface area contributed by atoms with Gasteiger partial charge in [-0.15, -0.1) is 0 Å². The van der Waals surface area contributed by atoms with Gasteiger partial charge in [0.2, 0.25) is 11.8 Å². The quantitative estimate of drug-likeness (QED) is 0.534. The molecule has 0 aliphatic carbocycles. The Labute approximate surface area is 217 Å². The first-order valence-corrected chi connectivity index (χ1v) is 13.2. The Morgan fingerprint density at radius 1 is 1.08 bits per heavy atom. The molecule has 37 heavy (non-hydrogen) atoms. The van der Waals surface area contributed by atoms with Crippen LogP contribution in [0, 0.1) is 5.92 Å². The molecule has 3 heterocycles. The van der Waals surface area contributed by atoms with Crippen molar-refractivity contribution in [3.8, 4) is 5.75 Å². The highest BCUT2D eigenvalue weighted by atomic mass is 16.5. The number of carbonyl (C=O) groups is 4. The molecule has 1 spiro atoms. The van der Waals surface area contributed by atoms with Gasteiger partial charge in [0.1, 0.15) is 17.5 Å². The van der Waals surface area contributed by atoms with Crippen LogP contribution in [-0.2, 0) is 23.9 Å². The van der Waals surface area contributed by atoms with Crippen molar-refractivity contribution in [3.63, 3.8) is 0 Å². The van der Waals surface area contributed by atoms with E-state index in [-0.39, 0.29) is 42.8 Å². The highest BCUT2D eigenvalue weighted by Gasteiger charge is 2.55. The predicted octanol–water partition coefficient (Wildman–Crippen LogP) is 2.07. The minimum Gasteiger partial charge on any atom is -0.497 e. The Morgan fingerprint density at radius 3 is 2.51 bits per heavy atom. The molecule has 3 aliphatic rings. The van der Waals surface area contributed by atoms with E-state index in [9.17, 15) is 19.2 Å². The zero-order valence-corrected chi connectivity index (χ0v) is 21.9. The van der Waals surface area contributed by atoms with Gasteiger partial charge in [0.15, 0.2) is 0 Å². The van der Waals surface area contributed by atoms with Crippen molar-refractivity contribution in [2.24, 2.45) is 5.92 Å². The van der Waals surface area contributed by atoms with Crippen LogP contribution >= 0.6 is 0 Å². The first kappa shape index (κ1) is 26.9. The fraction of sp³-hybridized carbons (Fsp3) is 0.630. The summed E-state index contributed by atoms with van der Waals surface area (Å²) in [7, 11) is 1.53. The molecular formula is C27H37N3O7. The lowest BCUT2D eigenvalue weighted by atomic mass is 9.95. The summed E-state index contributed by atoms with van der Waals surface area (Å²) in [5.74, 6) is -0.613. The predicted molar refractivity (Wildman–Crippen MR) is 134 cm³/mol. The number of hydrogen-bond acceptors (Lipinski definition) is 7. The van der Waals surface area contributed by atoms with Crippen molar-refractivity contribution in [1.29, 1.82) is 0 Å². The monoisotopic (exact) mass is 515 g/mol. The summed E-state index contributed by atoms with van der Waals surface area (Å²) < 4.78 is 16.8. The molecule has 3 saturated heterocycles. The lowest BCUT2D eigenvalue weighted by Gasteiger charge is -2.45. The van der Waals surface area contributed by atoms with E-state index in [1.54, 1.807) is 45.9 Å². The van der Waals surface area contributed by atoms with E-state index >= 15 is 0 Å². The summed E-state index contributed by atoms with van der Waals surface area (Å²) in [6.07, 6.45) is 2.61. The molecule has 3 amide bonds. The van der Waals surface area contributed by atoms with Crippen LogP contribution in [0.15, 0.2) is 24.3 Å². The van der Waals surface area contributed by atoms with Gasteiger partial charge in [-0.2, -0.15) is 0 Å². The van der Waals surface area contributed by atoms with Gasteiger partial charge in [-0.05, 0) is 38.0 Å². The van der Waals surface area contributed by atoms with Crippen LogP contribution in [-0.4, -0.2) is 96.7 Å². The van der Waals surface area contributed by atoms with Crippen LogP contribution in [0.4, 0.5) is 0 Å². The van der Waals surface area contributed by atoms with Crippen molar-refractivity contribution in [2.75, 3.05) is 46.5 Å². The van der Waals surface area contributed by atoms with E-state index in [1.807, 2.05) is 6.92 Å². The molecule has 0 aromatic heterocycles. The average molecular weight is 516 g/mol. The fourth-order valence-corrected chi connectivity index (χ4v) is 5.62. The lowest BCUT2D eigenvalue weighted by Crippen LogP contribution is -2.60. The standard InChI is InChI=1S/C27H37N3O7/c1-4-23(31)28-14-11-27(12-15-28)30(24(32)19-8-6-10-21(16-19)35-3)22(18-37-27)25(33)29-13-7-9-20(17-29)26(34)36-5-2/h6,8,10,16,20,22H,4-5,7,9,11-15,17-18H2,1-3H3/t20-,22+/m0/s1. The maximum absolute atomic E-state index is 14.0. The van der Waals surface area contributed by atoms with Gasteiger partial charge in [-0.3, -0.25) is 24.1 Å². The second-order valence-corrected chi connectivity index (χ2v) is 9.79. The number of benzene rings is 1. The fourth-order valence-electron chi connectivity index (χ4n) is 5.62. The summed E-state index contributed by atoms with van der Waals surface area (Å²) in [6, 6.07) is 6.03. The van der Waals surface area contributed by atoms with E-state index in [2.05, 4.69) is 0 Å². The van der Waals surface area contributed by atoms with Crippen molar-refractivity contribution in [2.45, 2.75) is 57.7 Å². The van der Waals surface area contributed by atoms with Gasteiger partial charge in [-0.1, -0.05) is 13.0 Å². The Balaban J connectivity index is 1.60. The summed E-state index contributed by atoms with van der Waals surface area (Å²) in [5.41, 5.74) is -0.585. The highest BCUT2D eigenvalue weighted by Crippen LogP contribution is 2.39. The number of hydrogen-bond donors (Lipinski definition) is 0. The number of amides is 3. The second-order valence-electron chi connectivity index (χ2n) is 9.79. The molecule has 0 unspecified atom stereocenters. The van der Waals surface area contributed by atoms with E-state index in [0.717, 1.165) is 0 Å². The number of rotatable bonds is 6. The zero-order chi connectivity index (χ0) is 26.6. The van der Waals surface area contributed by atoms with Gasteiger partial charge < -0.3 is 24.0 Å². The Bertz CT molecular complexity index is 1020. The first-order chi connectivity index (χ1) is 17.8. The molecule has 0 saturated carbocycles. The Kier molecular flexibility index (Phi) is 8.36. The number of ether oxygens (including phenoxy) is 3. The lowest BCUT2D eigenvalue weighted by molar-refractivity contribution is -0.153. The SMILES string of the molecule is CCOC(=O)[C@H]1CCCN(C(=O)[C@H]2COC3(CCN(C(=O)CC)CC3)N2C(=O)c2cccc(OC)c2)C1. The molecule has 0 radical (unpaired) electrons. The summed E-state index contributed by atoms with van der Waals surface area (Å²) in [5, 5.41) is 0. The van der Waals surface area contributed by atoms with Crippen LogP contribution in [0.2, 0.25) is 0 Å². The smallest absolute Gasteiger partial charge is 0.310 e. The highest BCUT2D eigenvalue weighted by molar-refractivity contribution is 5.99.